The number of alkyl halides is 3. The summed E-state index contributed by atoms with van der Waals surface area (Å²) in [5.41, 5.74) is -1.67. The van der Waals surface area contributed by atoms with Crippen LogP contribution in [-0.4, -0.2) is 67.2 Å². The topological polar surface area (TPSA) is 164 Å². The van der Waals surface area contributed by atoms with Gasteiger partial charge in [-0.15, -0.1) is 0 Å². The number of carbonyl (C=O) groups excluding carboxylic acids is 3. The molecule has 0 aromatic heterocycles. The summed E-state index contributed by atoms with van der Waals surface area (Å²) < 4.78 is 93.9. The lowest BCUT2D eigenvalue weighted by atomic mass is 9.91. The number of aromatic hydroxyl groups is 1. The van der Waals surface area contributed by atoms with E-state index in [-0.39, 0.29) is 50.5 Å². The summed E-state index contributed by atoms with van der Waals surface area (Å²) in [6.07, 6.45) is -6.90. The highest BCUT2D eigenvalue weighted by Gasteiger charge is 2.53. The highest BCUT2D eigenvalue weighted by Crippen LogP contribution is 2.41. The molecule has 17 heteroatoms. The molecule has 0 aliphatic carbocycles. The largest absolute Gasteiger partial charge is 0.508 e. The van der Waals surface area contributed by atoms with Gasteiger partial charge in [-0.25, -0.2) is 14.4 Å². The van der Waals surface area contributed by atoms with E-state index in [1.165, 1.54) is 56.3 Å². The van der Waals surface area contributed by atoms with Gasteiger partial charge in [-0.05, 0) is 92.9 Å². The molecule has 3 unspecified atom stereocenters. The van der Waals surface area contributed by atoms with Crippen LogP contribution in [0.1, 0.15) is 50.5 Å². The zero-order valence-electron chi connectivity index (χ0n) is 35.2. The molecule has 14 nitrogen and oxygen atoms in total. The van der Waals surface area contributed by atoms with Crippen molar-refractivity contribution in [2.45, 2.75) is 64.2 Å². The van der Waals surface area contributed by atoms with Gasteiger partial charge in [0.25, 0.3) is 0 Å². The summed E-state index contributed by atoms with van der Waals surface area (Å²) >= 11 is 0. The highest BCUT2D eigenvalue weighted by molar-refractivity contribution is 5.83. The van der Waals surface area contributed by atoms with Crippen molar-refractivity contribution in [3.63, 3.8) is 0 Å². The molecule has 3 atom stereocenters. The average Bonchev–Trinajstić information content (AvgIpc) is 3.96. The van der Waals surface area contributed by atoms with E-state index < -0.39 is 41.4 Å². The number of carbonyl (C=O) groups is 3. The third kappa shape index (κ3) is 11.6. The second-order valence-electron chi connectivity index (χ2n) is 14.5. The number of hydrogen-bond donors (Lipinski definition) is 1. The maximum atomic E-state index is 13.3. The quantitative estimate of drug-likeness (QED) is 0.0740. The number of fused-ring (bicyclic) bond motifs is 2. The van der Waals surface area contributed by atoms with Crippen molar-refractivity contribution in [2.24, 2.45) is 0 Å². The molecule has 64 heavy (non-hydrogen) atoms. The Labute approximate surface area is 366 Å². The molecule has 2 aliphatic heterocycles. The molecular weight excluding hydrogens is 845 g/mol. The second kappa shape index (κ2) is 20.3. The van der Waals surface area contributed by atoms with Gasteiger partial charge >= 0.3 is 24.1 Å². The van der Waals surface area contributed by atoms with Gasteiger partial charge in [-0.1, -0.05) is 54.6 Å². The minimum Gasteiger partial charge on any atom is -0.508 e. The number of benzene rings is 5. The monoisotopic (exact) mass is 890 g/mol. The summed E-state index contributed by atoms with van der Waals surface area (Å²) in [7, 11) is 0. The third-order valence-corrected chi connectivity index (χ3v) is 9.61. The van der Waals surface area contributed by atoms with Crippen molar-refractivity contribution < 1.29 is 80.0 Å². The molecule has 5 aromatic rings. The summed E-state index contributed by atoms with van der Waals surface area (Å²) in [5, 5.41) is 9.42. The minimum atomic E-state index is -5.33. The Morgan fingerprint density at radius 3 is 1.72 bits per heavy atom. The molecule has 0 spiro atoms. The van der Waals surface area contributed by atoms with E-state index >= 15 is 0 Å². The third-order valence-electron chi connectivity index (χ3n) is 9.61. The molecule has 338 valence electrons. The molecular formula is C47H45F3O14. The first kappa shape index (κ1) is 46.2. The van der Waals surface area contributed by atoms with Crippen molar-refractivity contribution in [3.8, 4) is 46.0 Å². The number of ether oxygens (including phenoxy) is 10. The maximum Gasteiger partial charge on any atom is 0.490 e. The lowest BCUT2D eigenvalue weighted by Gasteiger charge is -2.35. The van der Waals surface area contributed by atoms with Crippen LogP contribution in [0.2, 0.25) is 0 Å². The Kier molecular flexibility index (Phi) is 14.6. The van der Waals surface area contributed by atoms with Crippen LogP contribution in [0.5, 0.6) is 46.0 Å². The van der Waals surface area contributed by atoms with E-state index in [1.807, 2.05) is 30.3 Å². The molecule has 0 fully saturated rings. The van der Waals surface area contributed by atoms with Crippen molar-refractivity contribution in [1.29, 1.82) is 0 Å². The Morgan fingerprint density at radius 2 is 1.16 bits per heavy atom. The Hall–Kier alpha value is -7.30. The van der Waals surface area contributed by atoms with E-state index in [2.05, 4.69) is 0 Å². The van der Waals surface area contributed by atoms with Gasteiger partial charge < -0.3 is 52.5 Å². The Morgan fingerprint density at radius 1 is 0.625 bits per heavy atom. The first-order chi connectivity index (χ1) is 30.6. The van der Waals surface area contributed by atoms with Crippen molar-refractivity contribution >= 4 is 17.9 Å². The standard InChI is InChI=1S/C28H25F3O8.C19H20O6/c1-3-34-25(32)27(2,39-21-13-14-22-23(15-21)37-17-36-22)24(38-26(33)28(29,30)31)19-9-11-20(12-10-19)35-16-18-7-5-4-6-8-18;1-3-22-18(21)19(2,11-13-4-6-14(20)7-5-13)25-15-8-9-16-17(10-15)24-12-23-16/h4-15,24H,3,16-17H2,1-2H3;4-10,20H,3,11-12H2,1-2H3. The summed E-state index contributed by atoms with van der Waals surface area (Å²) in [4.78, 5) is 37.7. The van der Waals surface area contributed by atoms with Gasteiger partial charge in [0.2, 0.25) is 24.8 Å². The maximum absolute atomic E-state index is 13.3. The van der Waals surface area contributed by atoms with E-state index in [0.29, 0.717) is 40.9 Å². The van der Waals surface area contributed by atoms with Gasteiger partial charge in [0.05, 0.1) is 13.2 Å². The lowest BCUT2D eigenvalue weighted by Crippen LogP contribution is -2.50. The number of hydrogen-bond acceptors (Lipinski definition) is 14. The van der Waals surface area contributed by atoms with E-state index in [9.17, 15) is 32.7 Å². The van der Waals surface area contributed by atoms with Gasteiger partial charge in [-0.2, -0.15) is 13.2 Å². The highest BCUT2D eigenvalue weighted by atomic mass is 19.4. The summed E-state index contributed by atoms with van der Waals surface area (Å²) in [6.45, 7) is 6.68. The van der Waals surface area contributed by atoms with Gasteiger partial charge in [0, 0.05) is 18.6 Å². The normalized spacial score (nSPS) is 14.6. The number of phenols is 1. The van der Waals surface area contributed by atoms with Crippen LogP contribution in [0.4, 0.5) is 13.2 Å². The van der Waals surface area contributed by atoms with Crippen LogP contribution in [0, 0.1) is 0 Å². The summed E-state index contributed by atoms with van der Waals surface area (Å²) in [5.74, 6) is -0.957. The zero-order valence-corrected chi connectivity index (χ0v) is 35.2. The molecule has 2 heterocycles. The van der Waals surface area contributed by atoms with E-state index in [4.69, 9.17) is 47.4 Å². The number of phenolic OH excluding ortho intramolecular Hbond substituents is 1. The molecule has 0 bridgehead atoms. The first-order valence-corrected chi connectivity index (χ1v) is 19.9. The molecule has 7 rings (SSSR count). The van der Waals surface area contributed by atoms with Crippen LogP contribution >= 0.6 is 0 Å². The molecule has 1 N–H and O–H groups in total. The predicted molar refractivity (Wildman–Crippen MR) is 220 cm³/mol. The second-order valence-corrected chi connectivity index (χ2v) is 14.5. The lowest BCUT2D eigenvalue weighted by molar-refractivity contribution is -0.216. The molecule has 0 radical (unpaired) electrons. The number of rotatable bonds is 16. The Balaban J connectivity index is 0.000000234. The number of halogens is 3. The van der Waals surface area contributed by atoms with Crippen molar-refractivity contribution in [1.82, 2.24) is 0 Å². The minimum absolute atomic E-state index is 0.0293. The predicted octanol–water partition coefficient (Wildman–Crippen LogP) is 8.61. The van der Waals surface area contributed by atoms with Crippen molar-refractivity contribution in [2.75, 3.05) is 26.8 Å². The van der Waals surface area contributed by atoms with E-state index in [0.717, 1.165) is 11.1 Å². The molecule has 2 aliphatic rings. The van der Waals surface area contributed by atoms with Crippen LogP contribution in [0.3, 0.4) is 0 Å². The fraction of sp³-hybridized carbons (Fsp3) is 0.298. The fourth-order valence-corrected chi connectivity index (χ4v) is 6.45. The van der Waals surface area contributed by atoms with Gasteiger partial charge in [0.1, 0.15) is 29.6 Å². The Bertz CT molecular complexity index is 2370. The smallest absolute Gasteiger partial charge is 0.490 e. The van der Waals surface area contributed by atoms with Crippen molar-refractivity contribution in [3.05, 3.63) is 132 Å². The molecule has 5 aromatic carbocycles. The SMILES string of the molecule is CCOC(=O)C(C)(Cc1ccc(O)cc1)Oc1ccc2c(c1)OCO2.CCOC(=O)C(C)(Oc1ccc2c(c1)OCO2)C(OC(=O)C(F)(F)F)c1ccc(OCc2ccccc2)cc1. The molecule has 0 saturated carbocycles. The van der Waals surface area contributed by atoms with Crippen LogP contribution in [-0.2, 0) is 41.6 Å². The zero-order chi connectivity index (χ0) is 45.9. The van der Waals surface area contributed by atoms with E-state index in [1.54, 1.807) is 56.3 Å². The summed E-state index contributed by atoms with van der Waals surface area (Å²) in [6, 6.07) is 31.2. The average molecular weight is 891 g/mol. The first-order valence-electron chi connectivity index (χ1n) is 19.9. The molecule has 0 saturated heterocycles. The van der Waals surface area contributed by atoms with Crippen LogP contribution in [0.15, 0.2) is 115 Å². The van der Waals surface area contributed by atoms with Gasteiger partial charge in [-0.3, -0.25) is 0 Å². The van der Waals surface area contributed by atoms with Crippen LogP contribution < -0.4 is 33.2 Å². The molecule has 0 amide bonds. The van der Waals surface area contributed by atoms with Gasteiger partial charge in [0.15, 0.2) is 29.1 Å². The fourth-order valence-electron chi connectivity index (χ4n) is 6.45. The van der Waals surface area contributed by atoms with Crippen LogP contribution in [0.25, 0.3) is 0 Å². The number of esters is 3.